The first-order chi connectivity index (χ1) is 10.1. The Labute approximate surface area is 130 Å². The zero-order valence-electron chi connectivity index (χ0n) is 12.4. The number of nitrogens with zero attached hydrogens (tertiary/aromatic N) is 1. The third-order valence-electron chi connectivity index (χ3n) is 3.46. The highest BCUT2D eigenvalue weighted by Gasteiger charge is 2.17. The van der Waals surface area contributed by atoms with Crippen LogP contribution in [0.5, 0.6) is 0 Å². The minimum atomic E-state index is -0.264. The lowest BCUT2D eigenvalue weighted by molar-refractivity contribution is 0.501. The number of halogens is 2. The fourth-order valence-electron chi connectivity index (χ4n) is 2.35. The topological polar surface area (TPSA) is 24.9 Å². The maximum atomic E-state index is 14.0. The first-order valence-corrected chi connectivity index (χ1v) is 7.58. The van der Waals surface area contributed by atoms with Crippen molar-refractivity contribution in [1.29, 1.82) is 0 Å². The number of nitrogens with one attached hydrogen (secondary N) is 1. The predicted molar refractivity (Wildman–Crippen MR) is 85.1 cm³/mol. The molecule has 1 heterocycles. The lowest BCUT2D eigenvalue weighted by Gasteiger charge is -2.20. The summed E-state index contributed by atoms with van der Waals surface area (Å²) in [6.07, 6.45) is 3.35. The monoisotopic (exact) mass is 306 g/mol. The number of benzene rings is 1. The first-order valence-electron chi connectivity index (χ1n) is 7.20. The van der Waals surface area contributed by atoms with Crippen LogP contribution in [0.1, 0.15) is 36.2 Å². The number of hydrogen-bond donors (Lipinski definition) is 1. The van der Waals surface area contributed by atoms with Crippen molar-refractivity contribution in [3.8, 4) is 0 Å². The molecule has 0 fully saturated rings. The van der Waals surface area contributed by atoms with Crippen LogP contribution in [0.3, 0.4) is 0 Å². The highest BCUT2D eigenvalue weighted by molar-refractivity contribution is 6.30. The Bertz CT molecular complexity index is 601. The van der Waals surface area contributed by atoms with E-state index in [9.17, 15) is 4.39 Å². The zero-order chi connectivity index (χ0) is 15.2. The van der Waals surface area contributed by atoms with Gasteiger partial charge in [0.05, 0.1) is 11.7 Å². The average molecular weight is 307 g/mol. The molecule has 0 radical (unpaired) electrons. The molecule has 0 aliphatic heterocycles. The van der Waals surface area contributed by atoms with Gasteiger partial charge in [-0.2, -0.15) is 0 Å². The Morgan fingerprint density at radius 3 is 2.81 bits per heavy atom. The summed E-state index contributed by atoms with van der Waals surface area (Å²) in [5, 5.41) is 3.87. The predicted octanol–water partition coefficient (Wildman–Crippen LogP) is 4.47. The Kier molecular flexibility index (Phi) is 5.71. The molecule has 0 spiro atoms. The maximum absolute atomic E-state index is 14.0. The van der Waals surface area contributed by atoms with Gasteiger partial charge in [0, 0.05) is 11.2 Å². The second-order valence-corrected chi connectivity index (χ2v) is 5.59. The van der Waals surface area contributed by atoms with Crippen LogP contribution in [0.2, 0.25) is 5.02 Å². The standard InChI is InChI=1S/C17H20ClFN2/c1-3-8-20-16(17-12(2)5-4-9-21-17)10-13-6-7-14(18)11-15(13)19/h4-7,9,11,16,20H,3,8,10H2,1-2H3. The summed E-state index contributed by atoms with van der Waals surface area (Å²) in [6.45, 7) is 5.01. The third-order valence-corrected chi connectivity index (χ3v) is 3.69. The van der Waals surface area contributed by atoms with Gasteiger partial charge >= 0.3 is 0 Å². The van der Waals surface area contributed by atoms with E-state index >= 15 is 0 Å². The van der Waals surface area contributed by atoms with Crippen LogP contribution < -0.4 is 5.32 Å². The van der Waals surface area contributed by atoms with E-state index in [1.807, 2.05) is 19.1 Å². The van der Waals surface area contributed by atoms with E-state index in [1.165, 1.54) is 6.07 Å². The summed E-state index contributed by atoms with van der Waals surface area (Å²) < 4.78 is 14.0. The summed E-state index contributed by atoms with van der Waals surface area (Å²) in [6, 6.07) is 8.78. The van der Waals surface area contributed by atoms with Gasteiger partial charge < -0.3 is 5.32 Å². The SMILES string of the molecule is CCCNC(Cc1ccc(Cl)cc1F)c1ncccc1C. The Morgan fingerprint density at radius 1 is 1.33 bits per heavy atom. The van der Waals surface area contributed by atoms with Crippen LogP contribution in [0.25, 0.3) is 0 Å². The molecule has 1 aromatic carbocycles. The third kappa shape index (κ3) is 4.26. The molecule has 2 nitrogen and oxygen atoms in total. The van der Waals surface area contributed by atoms with Crippen LogP contribution in [-0.2, 0) is 6.42 Å². The number of rotatable bonds is 6. The van der Waals surface area contributed by atoms with Crippen molar-refractivity contribution >= 4 is 11.6 Å². The van der Waals surface area contributed by atoms with E-state index in [0.29, 0.717) is 17.0 Å². The largest absolute Gasteiger partial charge is 0.308 e. The van der Waals surface area contributed by atoms with Crippen molar-refractivity contribution in [3.05, 3.63) is 64.2 Å². The minimum Gasteiger partial charge on any atom is -0.308 e. The summed E-state index contributed by atoms with van der Waals surface area (Å²) in [7, 11) is 0. The van der Waals surface area contributed by atoms with E-state index in [-0.39, 0.29) is 11.9 Å². The number of aryl methyl sites for hydroxylation is 1. The molecule has 1 N–H and O–H groups in total. The molecule has 1 aromatic heterocycles. The van der Waals surface area contributed by atoms with Crippen molar-refractivity contribution in [2.24, 2.45) is 0 Å². The van der Waals surface area contributed by atoms with E-state index in [1.54, 1.807) is 18.3 Å². The fourth-order valence-corrected chi connectivity index (χ4v) is 2.51. The molecule has 2 aromatic rings. The molecule has 112 valence electrons. The second-order valence-electron chi connectivity index (χ2n) is 5.15. The van der Waals surface area contributed by atoms with E-state index in [0.717, 1.165) is 24.2 Å². The van der Waals surface area contributed by atoms with E-state index < -0.39 is 0 Å². The van der Waals surface area contributed by atoms with Gasteiger partial charge in [-0.25, -0.2) is 4.39 Å². The maximum Gasteiger partial charge on any atom is 0.127 e. The van der Waals surface area contributed by atoms with Crippen LogP contribution in [0, 0.1) is 12.7 Å². The Hall–Kier alpha value is -1.45. The average Bonchev–Trinajstić information content (AvgIpc) is 2.46. The van der Waals surface area contributed by atoms with Crippen molar-refractivity contribution in [2.75, 3.05) is 6.54 Å². The second kappa shape index (κ2) is 7.53. The van der Waals surface area contributed by atoms with Crippen molar-refractivity contribution in [3.63, 3.8) is 0 Å². The molecule has 0 aliphatic carbocycles. The molecule has 0 saturated carbocycles. The fraction of sp³-hybridized carbons (Fsp3) is 0.353. The van der Waals surface area contributed by atoms with E-state index in [2.05, 4.69) is 17.2 Å². The van der Waals surface area contributed by atoms with Gasteiger partial charge in [-0.05, 0) is 55.6 Å². The summed E-state index contributed by atoms with van der Waals surface area (Å²) in [5.74, 6) is -0.264. The first kappa shape index (κ1) is 15.9. The highest BCUT2D eigenvalue weighted by Crippen LogP contribution is 2.23. The number of pyridine rings is 1. The minimum absolute atomic E-state index is 0.00169. The van der Waals surface area contributed by atoms with Gasteiger partial charge in [0.15, 0.2) is 0 Å². The van der Waals surface area contributed by atoms with Crippen LogP contribution in [-0.4, -0.2) is 11.5 Å². The van der Waals surface area contributed by atoms with Crippen LogP contribution in [0.15, 0.2) is 36.5 Å². The molecule has 0 saturated heterocycles. The summed E-state index contributed by atoms with van der Waals surface area (Å²) >= 11 is 5.81. The Morgan fingerprint density at radius 2 is 2.14 bits per heavy atom. The van der Waals surface area contributed by atoms with Gasteiger partial charge in [-0.15, -0.1) is 0 Å². The van der Waals surface area contributed by atoms with Gasteiger partial charge in [-0.3, -0.25) is 4.98 Å². The molecular formula is C17H20ClFN2. The van der Waals surface area contributed by atoms with Crippen molar-refractivity contribution < 1.29 is 4.39 Å². The molecule has 2 rings (SSSR count). The quantitative estimate of drug-likeness (QED) is 0.852. The molecule has 4 heteroatoms. The highest BCUT2D eigenvalue weighted by atomic mass is 35.5. The normalized spacial score (nSPS) is 12.4. The van der Waals surface area contributed by atoms with Crippen molar-refractivity contribution in [1.82, 2.24) is 10.3 Å². The van der Waals surface area contributed by atoms with Crippen LogP contribution in [0.4, 0.5) is 4.39 Å². The van der Waals surface area contributed by atoms with E-state index in [4.69, 9.17) is 11.6 Å². The molecule has 1 unspecified atom stereocenters. The molecule has 1 atom stereocenters. The number of hydrogen-bond acceptors (Lipinski definition) is 2. The zero-order valence-corrected chi connectivity index (χ0v) is 13.1. The molecular weight excluding hydrogens is 287 g/mol. The summed E-state index contributed by atoms with van der Waals surface area (Å²) in [4.78, 5) is 4.46. The van der Waals surface area contributed by atoms with Gasteiger partial charge in [-0.1, -0.05) is 30.7 Å². The number of aromatic nitrogens is 1. The van der Waals surface area contributed by atoms with Crippen LogP contribution >= 0.6 is 11.6 Å². The molecule has 0 bridgehead atoms. The molecule has 21 heavy (non-hydrogen) atoms. The summed E-state index contributed by atoms with van der Waals surface area (Å²) in [5.41, 5.74) is 2.74. The Balaban J connectivity index is 2.26. The van der Waals surface area contributed by atoms with Gasteiger partial charge in [0.2, 0.25) is 0 Å². The van der Waals surface area contributed by atoms with Crippen molar-refractivity contribution in [2.45, 2.75) is 32.7 Å². The smallest absolute Gasteiger partial charge is 0.127 e. The van der Waals surface area contributed by atoms with Gasteiger partial charge in [0.1, 0.15) is 5.82 Å². The van der Waals surface area contributed by atoms with Gasteiger partial charge in [0.25, 0.3) is 0 Å². The lowest BCUT2D eigenvalue weighted by Crippen LogP contribution is -2.26. The molecule has 0 aliphatic rings. The lowest BCUT2D eigenvalue weighted by atomic mass is 9.99. The molecule has 0 amide bonds.